The maximum Gasteiger partial charge on any atom is 0.0112 e. The lowest BCUT2D eigenvalue weighted by Crippen LogP contribution is -2.06. The highest BCUT2D eigenvalue weighted by Crippen LogP contribution is 2.39. The van der Waals surface area contributed by atoms with E-state index in [9.17, 15) is 0 Å². The van der Waals surface area contributed by atoms with Gasteiger partial charge in [-0.3, -0.25) is 0 Å². The second kappa shape index (κ2) is 5.51. The molecule has 0 amide bonds. The molecule has 16 heavy (non-hydrogen) atoms. The summed E-state index contributed by atoms with van der Waals surface area (Å²) in [4.78, 5) is 0. The first kappa shape index (κ1) is 13.3. The Morgan fingerprint density at radius 1 is 1.31 bits per heavy atom. The monoisotopic (exact) mass is 237 g/mol. The SMILES string of the molecule is CC(C)C(=Cc1ccccc1)C1CC1N.Cl. The van der Waals surface area contributed by atoms with Gasteiger partial charge in [0.2, 0.25) is 0 Å². The molecule has 1 aromatic rings. The van der Waals surface area contributed by atoms with Crippen LogP contribution in [0.2, 0.25) is 0 Å². The van der Waals surface area contributed by atoms with Crippen molar-refractivity contribution in [2.75, 3.05) is 0 Å². The molecule has 2 atom stereocenters. The van der Waals surface area contributed by atoms with Crippen LogP contribution in [-0.4, -0.2) is 6.04 Å². The fourth-order valence-corrected chi connectivity index (χ4v) is 2.04. The zero-order valence-corrected chi connectivity index (χ0v) is 10.7. The molecule has 1 aromatic carbocycles. The quantitative estimate of drug-likeness (QED) is 0.856. The predicted molar refractivity (Wildman–Crippen MR) is 72.6 cm³/mol. The number of halogens is 1. The van der Waals surface area contributed by atoms with Crippen molar-refractivity contribution in [2.45, 2.75) is 26.3 Å². The van der Waals surface area contributed by atoms with E-state index in [0.29, 0.717) is 17.9 Å². The zero-order chi connectivity index (χ0) is 10.8. The summed E-state index contributed by atoms with van der Waals surface area (Å²) in [6.07, 6.45) is 3.47. The van der Waals surface area contributed by atoms with Crippen LogP contribution in [0.15, 0.2) is 35.9 Å². The molecule has 1 aliphatic rings. The average Bonchev–Trinajstić information content (AvgIpc) is 2.93. The van der Waals surface area contributed by atoms with E-state index < -0.39 is 0 Å². The van der Waals surface area contributed by atoms with Gasteiger partial charge in [0.15, 0.2) is 0 Å². The van der Waals surface area contributed by atoms with Crippen LogP contribution < -0.4 is 5.73 Å². The first-order valence-electron chi connectivity index (χ1n) is 5.70. The van der Waals surface area contributed by atoms with Crippen LogP contribution in [0.5, 0.6) is 0 Å². The average molecular weight is 238 g/mol. The predicted octanol–water partition coefficient (Wildman–Crippen LogP) is 3.50. The molecule has 1 fully saturated rings. The molecule has 0 saturated heterocycles. The van der Waals surface area contributed by atoms with Crippen LogP contribution >= 0.6 is 12.4 Å². The molecule has 2 unspecified atom stereocenters. The Labute approximate surface area is 104 Å². The van der Waals surface area contributed by atoms with Gasteiger partial charge in [-0.15, -0.1) is 12.4 Å². The molecule has 0 heterocycles. The fourth-order valence-electron chi connectivity index (χ4n) is 2.04. The molecule has 1 nitrogen and oxygen atoms in total. The second-order valence-electron chi connectivity index (χ2n) is 4.72. The van der Waals surface area contributed by atoms with Gasteiger partial charge >= 0.3 is 0 Å². The molecule has 0 bridgehead atoms. The molecule has 0 aromatic heterocycles. The van der Waals surface area contributed by atoms with Gasteiger partial charge in [-0.05, 0) is 23.8 Å². The minimum atomic E-state index is 0. The number of nitrogens with two attached hydrogens (primary N) is 1. The van der Waals surface area contributed by atoms with Crippen molar-refractivity contribution in [3.05, 3.63) is 41.5 Å². The molecular formula is C14H20ClN. The molecule has 1 aliphatic carbocycles. The van der Waals surface area contributed by atoms with E-state index in [1.807, 2.05) is 0 Å². The largest absolute Gasteiger partial charge is 0.327 e. The Morgan fingerprint density at radius 3 is 2.31 bits per heavy atom. The topological polar surface area (TPSA) is 26.0 Å². The summed E-state index contributed by atoms with van der Waals surface area (Å²) < 4.78 is 0. The summed E-state index contributed by atoms with van der Waals surface area (Å²) in [5.41, 5.74) is 8.72. The Morgan fingerprint density at radius 2 is 1.88 bits per heavy atom. The van der Waals surface area contributed by atoms with Gasteiger partial charge in [-0.2, -0.15) is 0 Å². The van der Waals surface area contributed by atoms with Gasteiger partial charge in [0.1, 0.15) is 0 Å². The van der Waals surface area contributed by atoms with Crippen LogP contribution in [0.3, 0.4) is 0 Å². The van der Waals surface area contributed by atoms with E-state index in [1.165, 1.54) is 11.1 Å². The lowest BCUT2D eigenvalue weighted by Gasteiger charge is -2.10. The Kier molecular flexibility index (Phi) is 4.57. The van der Waals surface area contributed by atoms with Gasteiger partial charge in [0.05, 0.1) is 0 Å². The lowest BCUT2D eigenvalue weighted by atomic mass is 9.96. The molecule has 2 N–H and O–H groups in total. The Hall–Kier alpha value is -0.790. The molecular weight excluding hydrogens is 218 g/mol. The summed E-state index contributed by atoms with van der Waals surface area (Å²) >= 11 is 0. The number of hydrogen-bond acceptors (Lipinski definition) is 1. The third-order valence-electron chi connectivity index (χ3n) is 3.07. The van der Waals surface area contributed by atoms with E-state index in [2.05, 4.69) is 50.3 Å². The third-order valence-corrected chi connectivity index (χ3v) is 3.07. The summed E-state index contributed by atoms with van der Waals surface area (Å²) in [7, 11) is 0. The minimum Gasteiger partial charge on any atom is -0.327 e. The summed E-state index contributed by atoms with van der Waals surface area (Å²) in [5, 5.41) is 0. The summed E-state index contributed by atoms with van der Waals surface area (Å²) in [5.74, 6) is 1.23. The van der Waals surface area contributed by atoms with E-state index in [0.717, 1.165) is 6.42 Å². The lowest BCUT2D eigenvalue weighted by molar-refractivity contribution is 0.699. The van der Waals surface area contributed by atoms with Crippen molar-refractivity contribution in [3.63, 3.8) is 0 Å². The van der Waals surface area contributed by atoms with E-state index in [1.54, 1.807) is 0 Å². The maximum atomic E-state index is 5.92. The van der Waals surface area contributed by atoms with Crippen LogP contribution in [0, 0.1) is 11.8 Å². The van der Waals surface area contributed by atoms with Gasteiger partial charge < -0.3 is 5.73 Å². The van der Waals surface area contributed by atoms with Crippen molar-refractivity contribution in [1.29, 1.82) is 0 Å². The van der Waals surface area contributed by atoms with Gasteiger partial charge in [-0.1, -0.05) is 55.8 Å². The molecule has 1 saturated carbocycles. The van der Waals surface area contributed by atoms with Crippen molar-refractivity contribution in [3.8, 4) is 0 Å². The first-order chi connectivity index (χ1) is 7.18. The van der Waals surface area contributed by atoms with Crippen LogP contribution in [0.4, 0.5) is 0 Å². The Bertz CT molecular complexity index is 356. The summed E-state index contributed by atoms with van der Waals surface area (Å²) in [6.45, 7) is 4.50. The molecule has 0 radical (unpaired) electrons. The number of hydrogen-bond donors (Lipinski definition) is 1. The van der Waals surface area contributed by atoms with Gasteiger partial charge in [-0.25, -0.2) is 0 Å². The van der Waals surface area contributed by atoms with Crippen molar-refractivity contribution in [1.82, 2.24) is 0 Å². The molecule has 2 heteroatoms. The van der Waals surface area contributed by atoms with E-state index in [-0.39, 0.29) is 12.4 Å². The summed E-state index contributed by atoms with van der Waals surface area (Å²) in [6, 6.07) is 10.9. The van der Waals surface area contributed by atoms with Gasteiger partial charge in [0.25, 0.3) is 0 Å². The second-order valence-corrected chi connectivity index (χ2v) is 4.72. The van der Waals surface area contributed by atoms with Gasteiger partial charge in [0, 0.05) is 6.04 Å². The highest BCUT2D eigenvalue weighted by atomic mass is 35.5. The third kappa shape index (κ3) is 3.10. The van der Waals surface area contributed by atoms with Crippen LogP contribution in [0.1, 0.15) is 25.8 Å². The molecule has 88 valence electrons. The standard InChI is InChI=1S/C14H19N.ClH/c1-10(2)12(13-9-14(13)15)8-11-6-4-3-5-7-11;/h3-8,10,13-14H,9,15H2,1-2H3;1H. The van der Waals surface area contributed by atoms with E-state index in [4.69, 9.17) is 5.73 Å². The van der Waals surface area contributed by atoms with E-state index >= 15 is 0 Å². The fraction of sp³-hybridized carbons (Fsp3) is 0.429. The number of rotatable bonds is 3. The molecule has 2 rings (SSSR count). The zero-order valence-electron chi connectivity index (χ0n) is 9.89. The number of benzene rings is 1. The normalized spacial score (nSPS) is 24.1. The van der Waals surface area contributed by atoms with Crippen molar-refractivity contribution < 1.29 is 0 Å². The maximum absolute atomic E-state index is 5.92. The smallest absolute Gasteiger partial charge is 0.0112 e. The van der Waals surface area contributed by atoms with Crippen LogP contribution in [-0.2, 0) is 0 Å². The highest BCUT2D eigenvalue weighted by Gasteiger charge is 2.37. The first-order valence-corrected chi connectivity index (χ1v) is 5.70. The minimum absolute atomic E-state index is 0. The Balaban J connectivity index is 0.00000128. The molecule has 0 aliphatic heterocycles. The van der Waals surface area contributed by atoms with Crippen LogP contribution in [0.25, 0.3) is 6.08 Å². The highest BCUT2D eigenvalue weighted by molar-refractivity contribution is 5.85. The van der Waals surface area contributed by atoms with Crippen molar-refractivity contribution in [2.24, 2.45) is 17.6 Å². The van der Waals surface area contributed by atoms with Crippen molar-refractivity contribution >= 4 is 18.5 Å². The molecule has 0 spiro atoms.